The van der Waals surface area contributed by atoms with E-state index in [9.17, 15) is 33.6 Å². The zero-order chi connectivity index (χ0) is 38.0. The first-order valence-electron chi connectivity index (χ1n) is 15.9. The minimum atomic E-state index is -1.62. The molecule has 2 saturated heterocycles. The van der Waals surface area contributed by atoms with Crippen molar-refractivity contribution in [3.63, 3.8) is 0 Å². The summed E-state index contributed by atoms with van der Waals surface area (Å²) < 4.78 is 56.4. The molecule has 2 fully saturated rings. The minimum Gasteiger partial charge on any atom is -0.463 e. The molecular formula is C33H43NO17. The Bertz CT molecular complexity index is 1430. The van der Waals surface area contributed by atoms with Crippen LogP contribution in [-0.4, -0.2) is 116 Å². The van der Waals surface area contributed by atoms with Crippen molar-refractivity contribution in [2.24, 2.45) is 0 Å². The van der Waals surface area contributed by atoms with Gasteiger partial charge in [0, 0.05) is 54.2 Å². The molecule has 2 aliphatic heterocycles. The van der Waals surface area contributed by atoms with Gasteiger partial charge in [-0.2, -0.15) is 0 Å². The number of benzene rings is 1. The Hall–Kier alpha value is -4.81. The van der Waals surface area contributed by atoms with Crippen molar-refractivity contribution in [1.29, 1.82) is 0 Å². The molecule has 0 bridgehead atoms. The number of ether oxygens (including phenoxy) is 10. The van der Waals surface area contributed by atoms with E-state index in [1.807, 2.05) is 19.1 Å². The first kappa shape index (κ1) is 40.6. The van der Waals surface area contributed by atoms with Gasteiger partial charge >= 0.3 is 41.8 Å². The van der Waals surface area contributed by atoms with Crippen LogP contribution in [0.15, 0.2) is 24.3 Å². The maximum atomic E-state index is 12.3. The maximum absolute atomic E-state index is 12.3. The molecular weight excluding hydrogens is 682 g/mol. The van der Waals surface area contributed by atoms with E-state index >= 15 is 0 Å². The van der Waals surface area contributed by atoms with Crippen LogP contribution in [0.5, 0.6) is 0 Å². The molecule has 3 rings (SSSR count). The third-order valence-corrected chi connectivity index (χ3v) is 7.27. The van der Waals surface area contributed by atoms with Crippen LogP contribution in [0.3, 0.4) is 0 Å². The lowest BCUT2D eigenvalue weighted by Crippen LogP contribution is -2.65. The van der Waals surface area contributed by atoms with Crippen molar-refractivity contribution in [2.75, 3.05) is 18.5 Å². The van der Waals surface area contributed by atoms with Crippen molar-refractivity contribution < 1.29 is 80.9 Å². The lowest BCUT2D eigenvalue weighted by molar-refractivity contribution is -0.318. The van der Waals surface area contributed by atoms with Crippen molar-refractivity contribution in [1.82, 2.24) is 0 Å². The van der Waals surface area contributed by atoms with Crippen molar-refractivity contribution in [2.45, 2.75) is 117 Å². The molecule has 18 heteroatoms. The summed E-state index contributed by atoms with van der Waals surface area (Å²) >= 11 is 0. The number of carbonyl (C=O) groups is 7. The largest absolute Gasteiger partial charge is 0.463 e. The fourth-order valence-corrected chi connectivity index (χ4v) is 5.47. The zero-order valence-corrected chi connectivity index (χ0v) is 29.4. The van der Waals surface area contributed by atoms with Crippen LogP contribution < -0.4 is 5.32 Å². The van der Waals surface area contributed by atoms with Gasteiger partial charge in [0.1, 0.15) is 18.8 Å². The van der Waals surface area contributed by atoms with Crippen LogP contribution in [0.4, 0.5) is 5.69 Å². The van der Waals surface area contributed by atoms with Gasteiger partial charge in [-0.25, -0.2) is 0 Å². The molecule has 1 aromatic carbocycles. The first-order valence-corrected chi connectivity index (χ1v) is 15.9. The molecule has 2 heterocycles. The van der Waals surface area contributed by atoms with Gasteiger partial charge in [-0.3, -0.25) is 33.6 Å². The molecule has 2 aliphatic rings. The van der Waals surface area contributed by atoms with Gasteiger partial charge in [-0.1, -0.05) is 17.7 Å². The predicted octanol–water partition coefficient (Wildman–Crippen LogP) is 1.03. The summed E-state index contributed by atoms with van der Waals surface area (Å²) in [6.07, 6.45) is -14.2. The summed E-state index contributed by atoms with van der Waals surface area (Å²) in [6.45, 7) is 8.50. The third-order valence-electron chi connectivity index (χ3n) is 7.27. The summed E-state index contributed by atoms with van der Waals surface area (Å²) in [4.78, 5) is 85.2. The standard InChI is InChI=1S/C33H43NO17/c1-15-9-11-23(12-10-15)34-32-30(48-21(7)40)28(46-19(5)38)26(44-17(3)36)24(50-32)14-43-33-31(49-22(8)41)29(47-20(6)39)27(45-18(4)37)25(51-33)13-42-16(2)35/h9-12,24-34H,13-14H2,1-8H3. The zero-order valence-electron chi connectivity index (χ0n) is 29.4. The summed E-state index contributed by atoms with van der Waals surface area (Å²) in [6, 6.07) is 7.07. The number of anilines is 1. The Balaban J connectivity index is 2.06. The summed E-state index contributed by atoms with van der Waals surface area (Å²) in [5.41, 5.74) is 1.47. The van der Waals surface area contributed by atoms with E-state index in [-0.39, 0.29) is 0 Å². The number of hydrogen-bond donors (Lipinski definition) is 1. The molecule has 0 aromatic heterocycles. The first-order chi connectivity index (χ1) is 23.9. The second-order valence-electron chi connectivity index (χ2n) is 11.7. The summed E-state index contributed by atoms with van der Waals surface area (Å²) in [5, 5.41) is 3.09. The van der Waals surface area contributed by atoms with Gasteiger partial charge < -0.3 is 52.7 Å². The fourth-order valence-electron chi connectivity index (χ4n) is 5.47. The summed E-state index contributed by atoms with van der Waals surface area (Å²) in [7, 11) is 0. The molecule has 0 amide bonds. The number of rotatable bonds is 13. The van der Waals surface area contributed by atoms with E-state index in [1.54, 1.807) is 12.1 Å². The molecule has 0 aliphatic carbocycles. The van der Waals surface area contributed by atoms with E-state index in [2.05, 4.69) is 5.32 Å². The van der Waals surface area contributed by atoms with Crippen LogP contribution in [0, 0.1) is 6.92 Å². The number of carbonyl (C=O) groups excluding carboxylic acids is 7. The van der Waals surface area contributed by atoms with E-state index in [0.29, 0.717) is 5.69 Å². The number of aryl methyl sites for hydroxylation is 1. The average molecular weight is 726 g/mol. The Morgan fingerprint density at radius 2 is 0.941 bits per heavy atom. The Labute approximate surface area is 293 Å². The lowest BCUT2D eigenvalue weighted by atomic mass is 9.96. The molecule has 282 valence electrons. The van der Waals surface area contributed by atoms with E-state index in [4.69, 9.17) is 47.4 Å². The van der Waals surface area contributed by atoms with E-state index in [1.165, 1.54) is 0 Å². The number of hydrogen-bond acceptors (Lipinski definition) is 18. The quantitative estimate of drug-likeness (QED) is 0.221. The molecule has 10 unspecified atom stereocenters. The molecule has 1 N–H and O–H groups in total. The molecule has 10 atom stereocenters. The molecule has 1 aromatic rings. The number of nitrogens with one attached hydrogen (secondary N) is 1. The van der Waals surface area contributed by atoms with Gasteiger partial charge in [0.15, 0.2) is 49.1 Å². The predicted molar refractivity (Wildman–Crippen MR) is 168 cm³/mol. The summed E-state index contributed by atoms with van der Waals surface area (Å²) in [5.74, 6) is -5.62. The molecule has 0 radical (unpaired) electrons. The Morgan fingerprint density at radius 1 is 0.529 bits per heavy atom. The molecule has 0 saturated carbocycles. The maximum Gasteiger partial charge on any atom is 0.303 e. The topological polar surface area (TPSA) is 224 Å². The van der Waals surface area contributed by atoms with E-state index < -0.39 is 116 Å². The van der Waals surface area contributed by atoms with Crippen LogP contribution in [-0.2, 0) is 80.9 Å². The van der Waals surface area contributed by atoms with Gasteiger partial charge in [0.2, 0.25) is 0 Å². The fraction of sp³-hybridized carbons (Fsp3) is 0.606. The Kier molecular flexibility index (Phi) is 14.7. The van der Waals surface area contributed by atoms with Gasteiger partial charge in [-0.05, 0) is 19.1 Å². The highest BCUT2D eigenvalue weighted by Crippen LogP contribution is 2.33. The average Bonchev–Trinajstić information content (AvgIpc) is 3.00. The molecule has 0 spiro atoms. The smallest absolute Gasteiger partial charge is 0.303 e. The second-order valence-corrected chi connectivity index (χ2v) is 11.7. The van der Waals surface area contributed by atoms with Crippen molar-refractivity contribution >= 4 is 47.5 Å². The van der Waals surface area contributed by atoms with E-state index in [0.717, 1.165) is 54.0 Å². The molecule has 51 heavy (non-hydrogen) atoms. The lowest BCUT2D eigenvalue weighted by Gasteiger charge is -2.46. The van der Waals surface area contributed by atoms with Crippen molar-refractivity contribution in [3.05, 3.63) is 29.8 Å². The van der Waals surface area contributed by atoms with Gasteiger partial charge in [-0.15, -0.1) is 0 Å². The Morgan fingerprint density at radius 3 is 1.41 bits per heavy atom. The van der Waals surface area contributed by atoms with Crippen molar-refractivity contribution in [3.8, 4) is 0 Å². The third kappa shape index (κ3) is 12.2. The van der Waals surface area contributed by atoms with Crippen LogP contribution >= 0.6 is 0 Å². The van der Waals surface area contributed by atoms with Crippen LogP contribution in [0.2, 0.25) is 0 Å². The van der Waals surface area contributed by atoms with Gasteiger partial charge in [0.25, 0.3) is 0 Å². The SMILES string of the molecule is CC(=O)OCC1OC(OCC2OC(Nc3ccc(C)cc3)C(OC(C)=O)C(OC(C)=O)C2OC(C)=O)C(OC(C)=O)C(OC(C)=O)C1OC(C)=O. The van der Waals surface area contributed by atoms with Crippen LogP contribution in [0.25, 0.3) is 0 Å². The second kappa shape index (κ2) is 18.4. The highest BCUT2D eigenvalue weighted by atomic mass is 16.7. The van der Waals surface area contributed by atoms with Gasteiger partial charge in [0.05, 0.1) is 6.61 Å². The molecule has 18 nitrogen and oxygen atoms in total. The number of esters is 7. The minimum absolute atomic E-state index is 0.505. The monoisotopic (exact) mass is 725 g/mol. The normalized spacial score (nSPS) is 28.6. The van der Waals surface area contributed by atoms with Crippen LogP contribution in [0.1, 0.15) is 54.0 Å². The highest BCUT2D eigenvalue weighted by molar-refractivity contribution is 5.70. The highest BCUT2D eigenvalue weighted by Gasteiger charge is 2.55.